The summed E-state index contributed by atoms with van der Waals surface area (Å²) in [5.41, 5.74) is 0.154. The summed E-state index contributed by atoms with van der Waals surface area (Å²) in [7, 11) is -3.52. The number of nitrogens with one attached hydrogen (secondary N) is 1. The molecule has 27 heavy (non-hydrogen) atoms. The Kier molecular flexibility index (Phi) is 5.96. The first kappa shape index (κ1) is 19.2. The van der Waals surface area contributed by atoms with Gasteiger partial charge in [0.15, 0.2) is 0 Å². The van der Waals surface area contributed by atoms with Crippen LogP contribution in [0.5, 0.6) is 11.5 Å². The predicted octanol–water partition coefficient (Wildman–Crippen LogP) is 5.70. The Hall–Kier alpha value is -2.60. The summed E-state index contributed by atoms with van der Waals surface area (Å²) in [6.45, 7) is 2.00. The van der Waals surface area contributed by atoms with Gasteiger partial charge in [-0.1, -0.05) is 56.2 Å². The summed E-state index contributed by atoms with van der Waals surface area (Å²) in [5, 5.41) is 1.90. The molecule has 0 saturated carbocycles. The molecular formula is C21H22FNO3S. The maximum Gasteiger partial charge on any atom is 0.232 e. The molecule has 0 saturated heterocycles. The third kappa shape index (κ3) is 5.20. The quantitative estimate of drug-likeness (QED) is 0.504. The van der Waals surface area contributed by atoms with Crippen LogP contribution in [0.1, 0.15) is 26.2 Å². The number of rotatable bonds is 8. The Balaban J connectivity index is 1.83. The summed E-state index contributed by atoms with van der Waals surface area (Å²) in [6, 6.07) is 17.2. The van der Waals surface area contributed by atoms with Crippen LogP contribution >= 0.6 is 0 Å². The molecule has 1 N–H and O–H groups in total. The van der Waals surface area contributed by atoms with E-state index in [0.717, 1.165) is 29.7 Å². The van der Waals surface area contributed by atoms with E-state index in [1.54, 1.807) is 6.07 Å². The van der Waals surface area contributed by atoms with Crippen LogP contribution in [-0.2, 0) is 10.0 Å². The molecule has 0 amide bonds. The molecule has 142 valence electrons. The number of hydrogen-bond acceptors (Lipinski definition) is 3. The number of anilines is 1. The van der Waals surface area contributed by atoms with Crippen molar-refractivity contribution in [2.75, 3.05) is 10.5 Å². The van der Waals surface area contributed by atoms with Gasteiger partial charge in [0.25, 0.3) is 0 Å². The fourth-order valence-electron chi connectivity index (χ4n) is 2.86. The van der Waals surface area contributed by atoms with Gasteiger partial charge in [-0.25, -0.2) is 12.8 Å². The Morgan fingerprint density at radius 2 is 1.78 bits per heavy atom. The van der Waals surface area contributed by atoms with Crippen molar-refractivity contribution in [2.24, 2.45) is 0 Å². The molecule has 0 radical (unpaired) electrons. The minimum Gasteiger partial charge on any atom is -0.457 e. The molecule has 0 aliphatic rings. The second kappa shape index (κ2) is 8.39. The topological polar surface area (TPSA) is 55.4 Å². The third-order valence-corrected chi connectivity index (χ3v) is 5.51. The van der Waals surface area contributed by atoms with Crippen LogP contribution in [0, 0.1) is 5.82 Å². The molecule has 0 atom stereocenters. The van der Waals surface area contributed by atoms with Gasteiger partial charge in [0, 0.05) is 17.5 Å². The predicted molar refractivity (Wildman–Crippen MR) is 107 cm³/mol. The van der Waals surface area contributed by atoms with Gasteiger partial charge in [-0.15, -0.1) is 0 Å². The molecule has 4 nitrogen and oxygen atoms in total. The highest BCUT2D eigenvalue weighted by atomic mass is 32.2. The summed E-state index contributed by atoms with van der Waals surface area (Å²) in [6.07, 6.45) is 2.33. The zero-order valence-corrected chi connectivity index (χ0v) is 15.9. The molecule has 0 fully saturated rings. The van der Waals surface area contributed by atoms with E-state index in [4.69, 9.17) is 4.74 Å². The Labute approximate surface area is 159 Å². The molecule has 0 aliphatic heterocycles. The highest BCUT2D eigenvalue weighted by molar-refractivity contribution is 7.92. The van der Waals surface area contributed by atoms with Crippen LogP contribution in [0.25, 0.3) is 10.8 Å². The van der Waals surface area contributed by atoms with Crippen molar-refractivity contribution in [2.45, 2.75) is 26.2 Å². The van der Waals surface area contributed by atoms with Crippen LogP contribution in [0.3, 0.4) is 0 Å². The lowest BCUT2D eigenvalue weighted by molar-refractivity contribution is 0.482. The number of fused-ring (bicyclic) bond motifs is 1. The lowest BCUT2D eigenvalue weighted by atomic mass is 10.1. The van der Waals surface area contributed by atoms with Crippen LogP contribution in [0.2, 0.25) is 0 Å². The lowest BCUT2D eigenvalue weighted by Gasteiger charge is -2.12. The Morgan fingerprint density at radius 1 is 1.00 bits per heavy atom. The van der Waals surface area contributed by atoms with Gasteiger partial charge < -0.3 is 4.74 Å². The second-order valence-electron chi connectivity index (χ2n) is 6.38. The van der Waals surface area contributed by atoms with E-state index in [-0.39, 0.29) is 17.2 Å². The SMILES string of the molecule is CCCCCS(=O)(=O)Nc1cc(F)cc(Oc2cccc3ccccc23)c1. The minimum absolute atomic E-state index is 0.0108. The normalized spacial score (nSPS) is 11.5. The van der Waals surface area contributed by atoms with E-state index in [0.29, 0.717) is 12.2 Å². The van der Waals surface area contributed by atoms with E-state index < -0.39 is 15.8 Å². The van der Waals surface area contributed by atoms with Gasteiger partial charge in [-0.2, -0.15) is 0 Å². The first-order valence-electron chi connectivity index (χ1n) is 8.93. The molecule has 0 bridgehead atoms. The van der Waals surface area contributed by atoms with E-state index >= 15 is 0 Å². The average Bonchev–Trinajstić information content (AvgIpc) is 2.61. The highest BCUT2D eigenvalue weighted by Gasteiger charge is 2.12. The monoisotopic (exact) mass is 387 g/mol. The largest absolute Gasteiger partial charge is 0.457 e. The lowest BCUT2D eigenvalue weighted by Crippen LogP contribution is -2.16. The Morgan fingerprint density at radius 3 is 2.59 bits per heavy atom. The molecule has 3 aromatic carbocycles. The van der Waals surface area contributed by atoms with E-state index in [2.05, 4.69) is 4.72 Å². The van der Waals surface area contributed by atoms with Crippen LogP contribution in [-0.4, -0.2) is 14.2 Å². The van der Waals surface area contributed by atoms with E-state index in [9.17, 15) is 12.8 Å². The van der Waals surface area contributed by atoms with Crippen molar-refractivity contribution in [1.29, 1.82) is 0 Å². The molecule has 0 aliphatic carbocycles. The molecular weight excluding hydrogens is 365 g/mol. The van der Waals surface area contributed by atoms with Gasteiger partial charge >= 0.3 is 0 Å². The molecule has 3 rings (SSSR count). The summed E-state index contributed by atoms with van der Waals surface area (Å²) >= 11 is 0. The number of ether oxygens (including phenoxy) is 1. The smallest absolute Gasteiger partial charge is 0.232 e. The highest BCUT2D eigenvalue weighted by Crippen LogP contribution is 2.31. The van der Waals surface area contributed by atoms with E-state index in [1.807, 2.05) is 43.3 Å². The first-order valence-corrected chi connectivity index (χ1v) is 10.6. The zero-order valence-electron chi connectivity index (χ0n) is 15.1. The average molecular weight is 387 g/mol. The molecule has 6 heteroatoms. The fraction of sp³-hybridized carbons (Fsp3) is 0.238. The van der Waals surface area contributed by atoms with Gasteiger partial charge in [0.2, 0.25) is 10.0 Å². The minimum atomic E-state index is -3.52. The van der Waals surface area contributed by atoms with Crippen molar-refractivity contribution in [1.82, 2.24) is 0 Å². The van der Waals surface area contributed by atoms with Crippen molar-refractivity contribution in [3.8, 4) is 11.5 Å². The van der Waals surface area contributed by atoms with Gasteiger partial charge in [0.05, 0.1) is 11.4 Å². The van der Waals surface area contributed by atoms with Crippen molar-refractivity contribution < 1.29 is 17.5 Å². The zero-order chi connectivity index (χ0) is 19.3. The molecule has 0 spiro atoms. The summed E-state index contributed by atoms with van der Waals surface area (Å²) in [5.74, 6) is 0.253. The number of halogens is 1. The Bertz CT molecular complexity index is 1030. The van der Waals surface area contributed by atoms with Crippen LogP contribution < -0.4 is 9.46 Å². The first-order chi connectivity index (χ1) is 13.0. The molecule has 0 heterocycles. The maximum absolute atomic E-state index is 14.0. The molecule has 3 aromatic rings. The molecule has 0 aromatic heterocycles. The number of benzene rings is 3. The van der Waals surface area contributed by atoms with Crippen molar-refractivity contribution in [3.05, 3.63) is 66.5 Å². The van der Waals surface area contributed by atoms with Gasteiger partial charge in [-0.3, -0.25) is 4.72 Å². The molecule has 0 unspecified atom stereocenters. The third-order valence-electron chi connectivity index (χ3n) is 4.14. The van der Waals surface area contributed by atoms with Crippen molar-refractivity contribution in [3.63, 3.8) is 0 Å². The number of hydrogen-bond donors (Lipinski definition) is 1. The number of sulfonamides is 1. The standard InChI is InChI=1S/C21H22FNO3S/c1-2-3-6-12-27(24,25)23-18-13-17(22)14-19(15-18)26-21-11-7-9-16-8-4-5-10-20(16)21/h4-5,7-11,13-15,23H,2-3,6,12H2,1H3. The number of unbranched alkanes of at least 4 members (excludes halogenated alkanes) is 2. The second-order valence-corrected chi connectivity index (χ2v) is 8.22. The maximum atomic E-state index is 14.0. The van der Waals surface area contributed by atoms with Gasteiger partial charge in [0.1, 0.15) is 17.3 Å². The van der Waals surface area contributed by atoms with Crippen LogP contribution in [0.4, 0.5) is 10.1 Å². The summed E-state index contributed by atoms with van der Waals surface area (Å²) in [4.78, 5) is 0. The van der Waals surface area contributed by atoms with Gasteiger partial charge in [-0.05, 0) is 23.9 Å². The van der Waals surface area contributed by atoms with Crippen molar-refractivity contribution >= 4 is 26.5 Å². The summed E-state index contributed by atoms with van der Waals surface area (Å²) < 4.78 is 46.6. The fourth-order valence-corrected chi connectivity index (χ4v) is 4.03. The van der Waals surface area contributed by atoms with Crippen LogP contribution in [0.15, 0.2) is 60.7 Å². The van der Waals surface area contributed by atoms with E-state index in [1.165, 1.54) is 12.1 Å².